The maximum absolute atomic E-state index is 13.6. The van der Waals surface area contributed by atoms with Crippen LogP contribution in [0, 0.1) is 27.7 Å². The molecule has 0 saturated carbocycles. The van der Waals surface area contributed by atoms with Crippen molar-refractivity contribution in [1.29, 1.82) is 0 Å². The third-order valence-electron chi connectivity index (χ3n) is 5.61. The Balaban J connectivity index is 1.91. The van der Waals surface area contributed by atoms with Crippen molar-refractivity contribution in [3.63, 3.8) is 0 Å². The highest BCUT2D eigenvalue weighted by Crippen LogP contribution is 2.44. The van der Waals surface area contributed by atoms with Crippen LogP contribution in [-0.2, 0) is 4.79 Å². The molecule has 1 aromatic heterocycles. The molecule has 3 aromatic rings. The summed E-state index contributed by atoms with van der Waals surface area (Å²) < 4.78 is 5.26. The number of thiazole rings is 1. The summed E-state index contributed by atoms with van der Waals surface area (Å²) in [7, 11) is 1.58. The first-order valence-electron chi connectivity index (χ1n) is 10.2. The molecule has 7 heteroatoms. The largest absolute Gasteiger partial charge is 0.503 e. The first-order chi connectivity index (χ1) is 15.2. The second-order valence-corrected chi connectivity index (χ2v) is 9.08. The molecular formula is C25H24N2O4S. The van der Waals surface area contributed by atoms with Crippen LogP contribution < -0.4 is 9.64 Å². The molecule has 4 rings (SSSR count). The molecule has 1 atom stereocenters. The molecule has 0 spiro atoms. The summed E-state index contributed by atoms with van der Waals surface area (Å²) in [5.41, 5.74) is 3.93. The first kappa shape index (κ1) is 21.8. The number of carbonyl (C=O) groups excluding carboxylic acids is 2. The number of hydrogen-bond donors (Lipinski definition) is 1. The fourth-order valence-electron chi connectivity index (χ4n) is 4.13. The second-order valence-electron chi connectivity index (χ2n) is 7.88. The molecule has 0 fully saturated rings. The van der Waals surface area contributed by atoms with Crippen LogP contribution in [0.2, 0.25) is 0 Å². The average molecular weight is 449 g/mol. The molecule has 32 heavy (non-hydrogen) atoms. The summed E-state index contributed by atoms with van der Waals surface area (Å²) in [4.78, 5) is 33.2. The van der Waals surface area contributed by atoms with Crippen molar-refractivity contribution in [1.82, 2.24) is 4.98 Å². The van der Waals surface area contributed by atoms with Crippen LogP contribution in [0.3, 0.4) is 0 Å². The van der Waals surface area contributed by atoms with Crippen LogP contribution >= 0.6 is 11.3 Å². The Hall–Kier alpha value is -3.45. The monoisotopic (exact) mass is 448 g/mol. The zero-order chi connectivity index (χ0) is 23.2. The van der Waals surface area contributed by atoms with Gasteiger partial charge in [0.25, 0.3) is 5.91 Å². The van der Waals surface area contributed by atoms with Crippen molar-refractivity contribution in [2.75, 3.05) is 12.0 Å². The van der Waals surface area contributed by atoms with Gasteiger partial charge in [-0.05, 0) is 57.0 Å². The number of ether oxygens (including phenoxy) is 1. The van der Waals surface area contributed by atoms with E-state index >= 15 is 0 Å². The van der Waals surface area contributed by atoms with E-state index < -0.39 is 17.7 Å². The Morgan fingerprint density at radius 2 is 1.78 bits per heavy atom. The van der Waals surface area contributed by atoms with Crippen LogP contribution in [0.25, 0.3) is 0 Å². The predicted molar refractivity (Wildman–Crippen MR) is 125 cm³/mol. The molecule has 6 nitrogen and oxygen atoms in total. The quantitative estimate of drug-likeness (QED) is 0.545. The van der Waals surface area contributed by atoms with Crippen molar-refractivity contribution in [3.05, 3.63) is 86.1 Å². The van der Waals surface area contributed by atoms with Crippen molar-refractivity contribution in [2.24, 2.45) is 0 Å². The van der Waals surface area contributed by atoms with Crippen LogP contribution in [0.5, 0.6) is 5.75 Å². The summed E-state index contributed by atoms with van der Waals surface area (Å²) in [6.07, 6.45) is 0. The zero-order valence-electron chi connectivity index (χ0n) is 18.6. The molecule has 2 aromatic carbocycles. The van der Waals surface area contributed by atoms with E-state index in [4.69, 9.17) is 4.74 Å². The normalized spacial score (nSPS) is 16.1. The van der Waals surface area contributed by atoms with Crippen molar-refractivity contribution >= 4 is 28.7 Å². The standard InChI is InChI=1S/C25H24N2O4S/c1-13-6-11-19(14(2)12-13)27-21(17-7-9-18(31-5)10-8-17)20(23(29)25(27)30)22(28)24-15(3)26-16(4)32-24/h6-12,21,29H,1-5H3. The van der Waals surface area contributed by atoms with Crippen LogP contribution in [0.15, 0.2) is 53.8 Å². The number of aromatic nitrogens is 1. The number of nitrogens with zero attached hydrogens (tertiary/aromatic N) is 2. The van der Waals surface area contributed by atoms with Gasteiger partial charge in [-0.2, -0.15) is 0 Å². The van der Waals surface area contributed by atoms with Crippen LogP contribution in [0.4, 0.5) is 5.69 Å². The minimum atomic E-state index is -0.774. The molecule has 164 valence electrons. The molecule has 0 bridgehead atoms. The number of carbonyl (C=O) groups is 2. The number of hydrogen-bond acceptors (Lipinski definition) is 6. The van der Waals surface area contributed by atoms with Crippen LogP contribution in [0.1, 0.15) is 43.1 Å². The molecule has 0 saturated heterocycles. The number of rotatable bonds is 5. The number of Topliss-reactive ketones (excluding diaryl/α,β-unsaturated/α-hetero) is 1. The van der Waals surface area contributed by atoms with Gasteiger partial charge in [0.05, 0.1) is 34.3 Å². The smallest absolute Gasteiger partial charge is 0.294 e. The molecule has 2 heterocycles. The fourth-order valence-corrected chi connectivity index (χ4v) is 5.00. The summed E-state index contributed by atoms with van der Waals surface area (Å²) >= 11 is 1.26. The second kappa shape index (κ2) is 8.24. The van der Waals surface area contributed by atoms with E-state index in [2.05, 4.69) is 4.98 Å². The lowest BCUT2D eigenvalue weighted by molar-refractivity contribution is -0.117. The SMILES string of the molecule is COc1ccc(C2C(C(=O)c3sc(C)nc3C)=C(O)C(=O)N2c2ccc(C)cc2C)cc1. The van der Waals surface area contributed by atoms with Crippen molar-refractivity contribution < 1.29 is 19.4 Å². The van der Waals surface area contributed by atoms with Gasteiger partial charge in [-0.3, -0.25) is 14.5 Å². The van der Waals surface area contributed by atoms with Gasteiger partial charge in [-0.15, -0.1) is 11.3 Å². The summed E-state index contributed by atoms with van der Waals surface area (Å²) in [6, 6.07) is 12.1. The molecule has 1 unspecified atom stereocenters. The van der Waals surface area contributed by atoms with Gasteiger partial charge < -0.3 is 9.84 Å². The minimum Gasteiger partial charge on any atom is -0.503 e. The maximum Gasteiger partial charge on any atom is 0.294 e. The number of amides is 1. The Bertz CT molecular complexity index is 1260. The number of benzene rings is 2. The van der Waals surface area contributed by atoms with E-state index in [1.165, 1.54) is 16.2 Å². The summed E-state index contributed by atoms with van der Waals surface area (Å²) in [6.45, 7) is 7.47. The van der Waals surface area contributed by atoms with E-state index in [1.54, 1.807) is 26.2 Å². The van der Waals surface area contributed by atoms with Gasteiger partial charge in [0.2, 0.25) is 5.78 Å². The van der Waals surface area contributed by atoms with Crippen molar-refractivity contribution in [2.45, 2.75) is 33.7 Å². The van der Waals surface area contributed by atoms with E-state index in [9.17, 15) is 14.7 Å². The number of aliphatic hydroxyl groups excluding tert-OH is 1. The Morgan fingerprint density at radius 3 is 2.34 bits per heavy atom. The molecule has 0 radical (unpaired) electrons. The van der Waals surface area contributed by atoms with Gasteiger partial charge in [-0.25, -0.2) is 4.98 Å². The molecular weight excluding hydrogens is 424 g/mol. The highest BCUT2D eigenvalue weighted by Gasteiger charge is 2.45. The summed E-state index contributed by atoms with van der Waals surface area (Å²) in [5, 5.41) is 11.7. The molecule has 1 aliphatic heterocycles. The third-order valence-corrected chi connectivity index (χ3v) is 6.68. The van der Waals surface area contributed by atoms with Gasteiger partial charge >= 0.3 is 0 Å². The highest BCUT2D eigenvalue weighted by atomic mass is 32.1. The lowest BCUT2D eigenvalue weighted by Gasteiger charge is -2.28. The third kappa shape index (κ3) is 3.58. The number of ketones is 1. The molecule has 1 aliphatic rings. The number of aryl methyl sites for hydroxylation is 4. The van der Waals surface area contributed by atoms with E-state index in [0.717, 1.165) is 16.1 Å². The van der Waals surface area contributed by atoms with Crippen LogP contribution in [-0.4, -0.2) is 28.9 Å². The molecule has 1 N–H and O–H groups in total. The Labute approximate surface area is 190 Å². The van der Waals surface area contributed by atoms with E-state index in [0.29, 0.717) is 27.6 Å². The first-order valence-corrected chi connectivity index (χ1v) is 11.0. The zero-order valence-corrected chi connectivity index (χ0v) is 19.4. The number of methoxy groups -OCH3 is 1. The average Bonchev–Trinajstić information content (AvgIpc) is 3.23. The van der Waals surface area contributed by atoms with Crippen molar-refractivity contribution in [3.8, 4) is 5.75 Å². The number of aliphatic hydroxyl groups is 1. The lowest BCUT2D eigenvalue weighted by atomic mass is 9.94. The van der Waals surface area contributed by atoms with E-state index in [-0.39, 0.29) is 11.4 Å². The highest BCUT2D eigenvalue weighted by molar-refractivity contribution is 7.14. The van der Waals surface area contributed by atoms with Gasteiger partial charge in [-0.1, -0.05) is 29.8 Å². The van der Waals surface area contributed by atoms with Gasteiger partial charge in [0.1, 0.15) is 5.75 Å². The molecule has 1 amide bonds. The topological polar surface area (TPSA) is 79.7 Å². The maximum atomic E-state index is 13.6. The lowest BCUT2D eigenvalue weighted by Crippen LogP contribution is -2.31. The summed E-state index contributed by atoms with van der Waals surface area (Å²) in [5.74, 6) is -0.848. The Kier molecular flexibility index (Phi) is 5.60. The van der Waals surface area contributed by atoms with E-state index in [1.807, 2.05) is 51.1 Å². The Morgan fingerprint density at radius 1 is 1.09 bits per heavy atom. The number of anilines is 1. The predicted octanol–water partition coefficient (Wildman–Crippen LogP) is 5.17. The minimum absolute atomic E-state index is 0.0619. The van der Waals surface area contributed by atoms with Gasteiger partial charge in [0, 0.05) is 5.69 Å². The fraction of sp³-hybridized carbons (Fsp3) is 0.240. The molecule has 0 aliphatic carbocycles. The van der Waals surface area contributed by atoms with Gasteiger partial charge in [0.15, 0.2) is 5.76 Å².